The molecule has 0 heterocycles. The fraction of sp³-hybridized carbons (Fsp3) is 0.667. The lowest BCUT2D eigenvalue weighted by atomic mass is 10.0. The van der Waals surface area contributed by atoms with Crippen LogP contribution in [-0.4, -0.2) is 6.04 Å². The molecule has 0 aromatic rings. The third kappa shape index (κ3) is 15.1. The standard InChI is InChI=1S/C18H33N/c1-3-5-7-8-9-10-11-12-13-15-17-18(19)16-14-6-4-2/h3,5,7-9,18H,1,4,6,10-17,19H2,2H3/b7-5+,9-8+. The predicted octanol–water partition coefficient (Wildman–Crippen LogP) is 5.53. The summed E-state index contributed by atoms with van der Waals surface area (Å²) in [5, 5.41) is 0. The molecule has 0 fully saturated rings. The maximum atomic E-state index is 6.10. The van der Waals surface area contributed by atoms with Gasteiger partial charge in [-0.1, -0.05) is 82.4 Å². The Balaban J connectivity index is 3.23. The Bertz CT molecular complexity index is 240. The van der Waals surface area contributed by atoms with Crippen LogP contribution in [0.4, 0.5) is 0 Å². The summed E-state index contributed by atoms with van der Waals surface area (Å²) in [5.74, 6) is 0. The van der Waals surface area contributed by atoms with E-state index in [2.05, 4.69) is 25.7 Å². The minimum Gasteiger partial charge on any atom is -0.328 e. The van der Waals surface area contributed by atoms with E-state index >= 15 is 0 Å². The van der Waals surface area contributed by atoms with Gasteiger partial charge in [-0.2, -0.15) is 0 Å². The van der Waals surface area contributed by atoms with Gasteiger partial charge < -0.3 is 5.73 Å². The van der Waals surface area contributed by atoms with Crippen LogP contribution in [0.5, 0.6) is 0 Å². The molecule has 1 unspecified atom stereocenters. The molecule has 1 heteroatoms. The molecule has 0 aromatic heterocycles. The molecule has 1 nitrogen and oxygen atoms in total. The van der Waals surface area contributed by atoms with Crippen molar-refractivity contribution in [2.75, 3.05) is 0 Å². The minimum absolute atomic E-state index is 0.440. The molecule has 0 rings (SSSR count). The zero-order valence-electron chi connectivity index (χ0n) is 12.8. The van der Waals surface area contributed by atoms with Crippen molar-refractivity contribution in [3.63, 3.8) is 0 Å². The van der Waals surface area contributed by atoms with Gasteiger partial charge in [0.25, 0.3) is 0 Å². The van der Waals surface area contributed by atoms with Crippen LogP contribution < -0.4 is 5.73 Å². The molecule has 0 spiro atoms. The van der Waals surface area contributed by atoms with Gasteiger partial charge in [0.05, 0.1) is 0 Å². The molecule has 1 atom stereocenters. The van der Waals surface area contributed by atoms with Crippen LogP contribution in [0, 0.1) is 0 Å². The van der Waals surface area contributed by atoms with E-state index in [4.69, 9.17) is 5.73 Å². The van der Waals surface area contributed by atoms with Gasteiger partial charge in [-0.25, -0.2) is 0 Å². The zero-order chi connectivity index (χ0) is 14.2. The summed E-state index contributed by atoms with van der Waals surface area (Å²) >= 11 is 0. The van der Waals surface area contributed by atoms with Crippen molar-refractivity contribution in [2.45, 2.75) is 77.2 Å². The lowest BCUT2D eigenvalue weighted by Gasteiger charge is -2.10. The van der Waals surface area contributed by atoms with Gasteiger partial charge in [-0.05, 0) is 25.7 Å². The molecule has 0 aliphatic carbocycles. The van der Waals surface area contributed by atoms with Crippen LogP contribution in [-0.2, 0) is 0 Å². The maximum absolute atomic E-state index is 6.10. The first kappa shape index (κ1) is 18.2. The summed E-state index contributed by atoms with van der Waals surface area (Å²) in [6.07, 6.45) is 22.9. The van der Waals surface area contributed by atoms with Crippen molar-refractivity contribution in [1.29, 1.82) is 0 Å². The summed E-state index contributed by atoms with van der Waals surface area (Å²) in [6.45, 7) is 5.88. The number of hydrogen-bond donors (Lipinski definition) is 1. The van der Waals surface area contributed by atoms with E-state index in [0.717, 1.165) is 0 Å². The highest BCUT2D eigenvalue weighted by Crippen LogP contribution is 2.11. The maximum Gasteiger partial charge on any atom is 0.00388 e. The van der Waals surface area contributed by atoms with Gasteiger partial charge in [-0.15, -0.1) is 0 Å². The molecule has 0 aliphatic heterocycles. The highest BCUT2D eigenvalue weighted by Gasteiger charge is 2.01. The van der Waals surface area contributed by atoms with Crippen LogP contribution in [0.2, 0.25) is 0 Å². The molecular weight excluding hydrogens is 230 g/mol. The second kappa shape index (κ2) is 15.2. The number of hydrogen-bond acceptors (Lipinski definition) is 1. The van der Waals surface area contributed by atoms with Crippen molar-refractivity contribution in [1.82, 2.24) is 0 Å². The second-order valence-corrected chi connectivity index (χ2v) is 5.30. The number of rotatable bonds is 13. The van der Waals surface area contributed by atoms with Crippen molar-refractivity contribution in [3.8, 4) is 0 Å². The molecule has 0 aliphatic rings. The summed E-state index contributed by atoms with van der Waals surface area (Å²) in [4.78, 5) is 0. The molecule has 0 amide bonds. The summed E-state index contributed by atoms with van der Waals surface area (Å²) < 4.78 is 0. The van der Waals surface area contributed by atoms with E-state index in [0.29, 0.717) is 6.04 Å². The van der Waals surface area contributed by atoms with Gasteiger partial charge in [0.15, 0.2) is 0 Å². The largest absolute Gasteiger partial charge is 0.328 e. The summed E-state index contributed by atoms with van der Waals surface area (Å²) in [7, 11) is 0. The van der Waals surface area contributed by atoms with Crippen LogP contribution >= 0.6 is 0 Å². The van der Waals surface area contributed by atoms with Crippen LogP contribution in [0.15, 0.2) is 37.0 Å². The van der Waals surface area contributed by atoms with Gasteiger partial charge in [-0.3, -0.25) is 0 Å². The third-order valence-electron chi connectivity index (χ3n) is 3.37. The monoisotopic (exact) mass is 263 g/mol. The summed E-state index contributed by atoms with van der Waals surface area (Å²) in [6, 6.07) is 0.440. The molecule has 0 saturated heterocycles. The first-order valence-corrected chi connectivity index (χ1v) is 8.01. The summed E-state index contributed by atoms with van der Waals surface area (Å²) in [5.41, 5.74) is 6.10. The molecule has 0 aromatic carbocycles. The lowest BCUT2D eigenvalue weighted by molar-refractivity contribution is 0.495. The topological polar surface area (TPSA) is 26.0 Å². The Morgan fingerprint density at radius 1 is 0.895 bits per heavy atom. The Morgan fingerprint density at radius 2 is 1.58 bits per heavy atom. The molecule has 0 saturated carbocycles. The zero-order valence-corrected chi connectivity index (χ0v) is 12.8. The fourth-order valence-electron chi connectivity index (χ4n) is 2.14. The van der Waals surface area contributed by atoms with Crippen LogP contribution in [0.25, 0.3) is 0 Å². The van der Waals surface area contributed by atoms with Crippen LogP contribution in [0.1, 0.15) is 71.1 Å². The average molecular weight is 263 g/mol. The second-order valence-electron chi connectivity index (χ2n) is 5.30. The molecule has 0 radical (unpaired) electrons. The Labute approximate surface area is 120 Å². The van der Waals surface area contributed by atoms with E-state index in [9.17, 15) is 0 Å². The molecule has 110 valence electrons. The highest BCUT2D eigenvalue weighted by atomic mass is 14.6. The van der Waals surface area contributed by atoms with E-state index in [-0.39, 0.29) is 0 Å². The fourth-order valence-corrected chi connectivity index (χ4v) is 2.14. The SMILES string of the molecule is C=C/C=C/C=C/CCCCCCC(N)CCCCC. The minimum atomic E-state index is 0.440. The van der Waals surface area contributed by atoms with Gasteiger partial charge in [0.1, 0.15) is 0 Å². The first-order valence-electron chi connectivity index (χ1n) is 8.01. The van der Waals surface area contributed by atoms with E-state index in [1.54, 1.807) is 6.08 Å². The normalized spacial score (nSPS) is 13.4. The number of nitrogens with two attached hydrogens (primary N) is 1. The molecule has 19 heavy (non-hydrogen) atoms. The van der Waals surface area contributed by atoms with Crippen molar-refractivity contribution < 1.29 is 0 Å². The van der Waals surface area contributed by atoms with Gasteiger partial charge >= 0.3 is 0 Å². The quantitative estimate of drug-likeness (QED) is 0.343. The van der Waals surface area contributed by atoms with Crippen LogP contribution in [0.3, 0.4) is 0 Å². The number of unbranched alkanes of at least 4 members (excludes halogenated alkanes) is 6. The molecular formula is C18H33N. The Hall–Kier alpha value is -0.820. The average Bonchev–Trinajstić information content (AvgIpc) is 2.41. The third-order valence-corrected chi connectivity index (χ3v) is 3.37. The van der Waals surface area contributed by atoms with Crippen molar-refractivity contribution >= 4 is 0 Å². The highest BCUT2D eigenvalue weighted by molar-refractivity contribution is 5.08. The predicted molar refractivity (Wildman–Crippen MR) is 88.3 cm³/mol. The Morgan fingerprint density at radius 3 is 2.26 bits per heavy atom. The smallest absolute Gasteiger partial charge is 0.00388 e. The first-order chi connectivity index (χ1) is 9.31. The molecule has 2 N–H and O–H groups in total. The lowest BCUT2D eigenvalue weighted by Crippen LogP contribution is -2.19. The van der Waals surface area contributed by atoms with E-state index < -0.39 is 0 Å². The van der Waals surface area contributed by atoms with Crippen molar-refractivity contribution in [2.24, 2.45) is 5.73 Å². The van der Waals surface area contributed by atoms with E-state index in [1.165, 1.54) is 64.2 Å². The van der Waals surface area contributed by atoms with Crippen molar-refractivity contribution in [3.05, 3.63) is 37.0 Å². The molecule has 0 bridgehead atoms. The van der Waals surface area contributed by atoms with E-state index in [1.807, 2.05) is 12.2 Å². The van der Waals surface area contributed by atoms with Gasteiger partial charge in [0, 0.05) is 6.04 Å². The van der Waals surface area contributed by atoms with Gasteiger partial charge in [0.2, 0.25) is 0 Å². The Kier molecular flexibility index (Phi) is 14.6. The number of allylic oxidation sites excluding steroid dienone is 5.